The maximum atomic E-state index is 11.6. The first kappa shape index (κ1) is 13.6. The third-order valence-corrected chi connectivity index (χ3v) is 3.43. The molecule has 1 aliphatic heterocycles. The maximum Gasteiger partial charge on any atom is 0.267 e. The minimum absolute atomic E-state index is 0.368. The van der Waals surface area contributed by atoms with Crippen molar-refractivity contribution in [3.63, 3.8) is 0 Å². The van der Waals surface area contributed by atoms with E-state index in [1.807, 2.05) is 13.0 Å². The maximum absolute atomic E-state index is 11.6. The molecule has 1 aromatic carbocycles. The number of anilines is 1. The Labute approximate surface area is 121 Å². The summed E-state index contributed by atoms with van der Waals surface area (Å²) in [6.07, 6.45) is 0.368. The van der Waals surface area contributed by atoms with Crippen molar-refractivity contribution in [1.82, 2.24) is 9.78 Å². The Balaban J connectivity index is 1.91. The SMILES string of the molecule is Cc1cc(Oc2ccc3c(c2)CC(N)C(=O)N3O)n(C)n1. The van der Waals surface area contributed by atoms with Crippen molar-refractivity contribution in [1.29, 1.82) is 0 Å². The van der Waals surface area contributed by atoms with Gasteiger partial charge in [0, 0.05) is 13.1 Å². The zero-order valence-electron chi connectivity index (χ0n) is 11.8. The van der Waals surface area contributed by atoms with Crippen LogP contribution in [0.4, 0.5) is 5.69 Å². The summed E-state index contributed by atoms with van der Waals surface area (Å²) in [6, 6.07) is 6.18. The van der Waals surface area contributed by atoms with E-state index in [0.717, 1.165) is 11.3 Å². The predicted molar refractivity (Wildman–Crippen MR) is 75.4 cm³/mol. The summed E-state index contributed by atoms with van der Waals surface area (Å²) in [4.78, 5) is 11.6. The van der Waals surface area contributed by atoms with E-state index in [-0.39, 0.29) is 0 Å². The Morgan fingerprint density at radius 1 is 1.43 bits per heavy atom. The van der Waals surface area contributed by atoms with Gasteiger partial charge >= 0.3 is 0 Å². The highest BCUT2D eigenvalue weighted by Crippen LogP contribution is 2.31. The molecule has 0 saturated carbocycles. The van der Waals surface area contributed by atoms with Gasteiger partial charge in [0.2, 0.25) is 5.88 Å². The smallest absolute Gasteiger partial charge is 0.267 e. The van der Waals surface area contributed by atoms with Crippen molar-refractivity contribution in [3.05, 3.63) is 35.5 Å². The van der Waals surface area contributed by atoms with Gasteiger partial charge < -0.3 is 10.5 Å². The summed E-state index contributed by atoms with van der Waals surface area (Å²) in [5, 5.41) is 14.6. The number of amides is 1. The molecule has 1 aliphatic rings. The van der Waals surface area contributed by atoms with Crippen molar-refractivity contribution in [2.24, 2.45) is 12.8 Å². The van der Waals surface area contributed by atoms with Crippen LogP contribution < -0.4 is 15.5 Å². The van der Waals surface area contributed by atoms with Crippen LogP contribution in [-0.2, 0) is 18.3 Å². The molecule has 0 bridgehead atoms. The summed E-state index contributed by atoms with van der Waals surface area (Å²) >= 11 is 0. The fourth-order valence-electron chi connectivity index (χ4n) is 2.40. The van der Waals surface area contributed by atoms with E-state index >= 15 is 0 Å². The van der Waals surface area contributed by atoms with Crippen molar-refractivity contribution < 1.29 is 14.7 Å². The number of aryl methyl sites for hydroxylation is 2. The molecule has 0 fully saturated rings. The fraction of sp³-hybridized carbons (Fsp3) is 0.286. The number of hydrogen-bond donors (Lipinski definition) is 2. The molecule has 7 heteroatoms. The van der Waals surface area contributed by atoms with Crippen LogP contribution in [0.3, 0.4) is 0 Å². The fourth-order valence-corrected chi connectivity index (χ4v) is 2.40. The van der Waals surface area contributed by atoms with Gasteiger partial charge in [0.25, 0.3) is 5.91 Å². The number of ether oxygens (including phenoxy) is 1. The van der Waals surface area contributed by atoms with Crippen LogP contribution in [0, 0.1) is 6.92 Å². The highest BCUT2D eigenvalue weighted by molar-refractivity contribution is 5.98. The van der Waals surface area contributed by atoms with E-state index < -0.39 is 11.9 Å². The third kappa shape index (κ3) is 2.37. The number of hydrogen-bond acceptors (Lipinski definition) is 5. The van der Waals surface area contributed by atoms with E-state index in [2.05, 4.69) is 5.10 Å². The van der Waals surface area contributed by atoms with Crippen LogP contribution in [0.1, 0.15) is 11.3 Å². The highest BCUT2D eigenvalue weighted by atomic mass is 16.5. The molecule has 2 heterocycles. The Morgan fingerprint density at radius 3 is 2.86 bits per heavy atom. The van der Waals surface area contributed by atoms with Gasteiger partial charge in [0.05, 0.1) is 17.4 Å². The molecular weight excluding hydrogens is 272 g/mol. The lowest BCUT2D eigenvalue weighted by molar-refractivity contribution is -0.125. The molecule has 0 spiro atoms. The van der Waals surface area contributed by atoms with Crippen LogP contribution in [-0.4, -0.2) is 26.9 Å². The normalized spacial score (nSPS) is 17.8. The second kappa shape index (κ2) is 4.87. The van der Waals surface area contributed by atoms with E-state index in [0.29, 0.717) is 28.8 Å². The summed E-state index contributed by atoms with van der Waals surface area (Å²) in [5.74, 6) is 0.717. The standard InChI is InChI=1S/C14H16N4O3/c1-8-5-13(17(2)16-8)21-10-3-4-12-9(6-10)7-11(15)14(19)18(12)20/h3-6,11,20H,7,15H2,1-2H3. The molecule has 0 saturated heterocycles. The van der Waals surface area contributed by atoms with Crippen LogP contribution in [0.2, 0.25) is 0 Å². The second-order valence-electron chi connectivity index (χ2n) is 5.10. The number of carbonyl (C=O) groups is 1. The van der Waals surface area contributed by atoms with Crippen LogP contribution in [0.5, 0.6) is 11.6 Å². The molecule has 1 aromatic heterocycles. The van der Waals surface area contributed by atoms with Gasteiger partial charge in [0.1, 0.15) is 5.75 Å². The number of nitrogens with two attached hydrogens (primary N) is 1. The van der Waals surface area contributed by atoms with Gasteiger partial charge in [-0.05, 0) is 37.1 Å². The highest BCUT2D eigenvalue weighted by Gasteiger charge is 2.29. The average Bonchev–Trinajstić information content (AvgIpc) is 2.74. The lowest BCUT2D eigenvalue weighted by Crippen LogP contribution is -2.47. The van der Waals surface area contributed by atoms with Crippen LogP contribution in [0.25, 0.3) is 0 Å². The number of rotatable bonds is 2. The number of benzene rings is 1. The molecule has 21 heavy (non-hydrogen) atoms. The van der Waals surface area contributed by atoms with Gasteiger partial charge in [-0.25, -0.2) is 4.68 Å². The van der Waals surface area contributed by atoms with E-state index in [1.54, 1.807) is 29.9 Å². The summed E-state index contributed by atoms with van der Waals surface area (Å²) in [7, 11) is 1.80. The molecule has 2 aromatic rings. The Kier molecular flexibility index (Phi) is 3.15. The summed E-state index contributed by atoms with van der Waals surface area (Å²) < 4.78 is 7.41. The molecule has 1 unspecified atom stereocenters. The van der Waals surface area contributed by atoms with Gasteiger partial charge in [-0.3, -0.25) is 10.0 Å². The van der Waals surface area contributed by atoms with Gasteiger partial charge in [-0.2, -0.15) is 10.2 Å². The topological polar surface area (TPSA) is 93.6 Å². The van der Waals surface area contributed by atoms with Gasteiger partial charge in [-0.1, -0.05) is 0 Å². The molecule has 3 N–H and O–H groups in total. The third-order valence-electron chi connectivity index (χ3n) is 3.43. The first-order valence-corrected chi connectivity index (χ1v) is 6.55. The van der Waals surface area contributed by atoms with E-state index in [9.17, 15) is 10.0 Å². The van der Waals surface area contributed by atoms with Crippen molar-refractivity contribution in [2.45, 2.75) is 19.4 Å². The largest absolute Gasteiger partial charge is 0.439 e. The molecule has 110 valence electrons. The first-order valence-electron chi connectivity index (χ1n) is 6.55. The second-order valence-corrected chi connectivity index (χ2v) is 5.10. The average molecular weight is 288 g/mol. The van der Waals surface area contributed by atoms with Crippen molar-refractivity contribution >= 4 is 11.6 Å². The monoisotopic (exact) mass is 288 g/mol. The lowest BCUT2D eigenvalue weighted by Gasteiger charge is -2.27. The minimum Gasteiger partial charge on any atom is -0.439 e. The molecule has 0 aliphatic carbocycles. The van der Waals surface area contributed by atoms with Crippen molar-refractivity contribution in [3.8, 4) is 11.6 Å². The number of carbonyl (C=O) groups excluding carboxylic acids is 1. The number of fused-ring (bicyclic) bond motifs is 1. The molecule has 7 nitrogen and oxygen atoms in total. The quantitative estimate of drug-likeness (QED) is 0.808. The van der Waals surface area contributed by atoms with Gasteiger partial charge in [-0.15, -0.1) is 0 Å². The first-order chi connectivity index (χ1) is 9.95. The molecule has 3 rings (SSSR count). The van der Waals surface area contributed by atoms with Gasteiger partial charge in [0.15, 0.2) is 0 Å². The lowest BCUT2D eigenvalue weighted by atomic mass is 9.99. The molecular formula is C14H16N4O3. The Morgan fingerprint density at radius 2 is 2.19 bits per heavy atom. The van der Waals surface area contributed by atoms with E-state index in [1.165, 1.54) is 0 Å². The minimum atomic E-state index is -0.739. The molecule has 1 amide bonds. The number of hydroxylamine groups is 1. The molecule has 0 radical (unpaired) electrons. The summed E-state index contributed by atoms with van der Waals surface area (Å²) in [6.45, 7) is 1.88. The van der Waals surface area contributed by atoms with Crippen molar-refractivity contribution in [2.75, 3.05) is 5.06 Å². The number of nitrogens with zero attached hydrogens (tertiary/aromatic N) is 3. The number of aromatic nitrogens is 2. The molecule has 1 atom stereocenters. The van der Waals surface area contributed by atoms with E-state index in [4.69, 9.17) is 10.5 Å². The van der Waals surface area contributed by atoms with Crippen LogP contribution in [0.15, 0.2) is 24.3 Å². The Hall–Kier alpha value is -2.38. The summed E-state index contributed by atoms with van der Waals surface area (Å²) in [5.41, 5.74) is 7.77. The Bertz CT molecular complexity index is 710. The predicted octanol–water partition coefficient (Wildman–Crippen LogP) is 1.13. The zero-order valence-corrected chi connectivity index (χ0v) is 11.8. The zero-order chi connectivity index (χ0) is 15.1. The van der Waals surface area contributed by atoms with Crippen LogP contribution >= 0.6 is 0 Å².